The molecule has 0 bridgehead atoms. The second-order valence-electron chi connectivity index (χ2n) is 8.15. The zero-order valence-electron chi connectivity index (χ0n) is 14.4. The molecule has 1 heterocycles. The number of carboxylic acid groups (broad SMARTS) is 1. The molecule has 1 saturated carbocycles. The fourth-order valence-corrected chi connectivity index (χ4v) is 3.58. The van der Waals surface area contributed by atoms with E-state index in [1.54, 1.807) is 5.32 Å². The highest BCUT2D eigenvalue weighted by molar-refractivity contribution is 5.92. The Labute approximate surface area is 143 Å². The Morgan fingerprint density at radius 1 is 1.20 bits per heavy atom. The summed E-state index contributed by atoms with van der Waals surface area (Å²) in [5.74, 6) is -4.15. The first kappa shape index (κ1) is 19.5. The fraction of sp³-hybridized carbons (Fsp3) is 0.812. The minimum absolute atomic E-state index is 0.206. The molecule has 2 N–H and O–H groups in total. The van der Waals surface area contributed by atoms with E-state index in [4.69, 9.17) is 0 Å². The van der Waals surface area contributed by atoms with Crippen molar-refractivity contribution in [2.45, 2.75) is 64.7 Å². The number of aliphatic carboxylic acids is 1. The molecule has 2 aliphatic rings. The van der Waals surface area contributed by atoms with Crippen molar-refractivity contribution in [3.05, 3.63) is 0 Å². The zero-order chi connectivity index (χ0) is 19.2. The molecule has 2 rings (SSSR count). The van der Waals surface area contributed by atoms with Crippen molar-refractivity contribution in [1.82, 2.24) is 10.2 Å². The summed E-state index contributed by atoms with van der Waals surface area (Å²) in [7, 11) is 0. The van der Waals surface area contributed by atoms with Gasteiger partial charge in [-0.2, -0.15) is 13.2 Å². The van der Waals surface area contributed by atoms with E-state index in [1.807, 2.05) is 0 Å². The maximum Gasteiger partial charge on any atom is 0.471 e. The van der Waals surface area contributed by atoms with E-state index in [1.165, 1.54) is 20.8 Å². The van der Waals surface area contributed by atoms with Crippen molar-refractivity contribution in [3.63, 3.8) is 0 Å². The highest BCUT2D eigenvalue weighted by atomic mass is 19.4. The zero-order valence-corrected chi connectivity index (χ0v) is 14.4. The van der Waals surface area contributed by atoms with Gasteiger partial charge in [0.25, 0.3) is 0 Å². The van der Waals surface area contributed by atoms with Gasteiger partial charge in [-0.15, -0.1) is 0 Å². The molecule has 142 valence electrons. The van der Waals surface area contributed by atoms with E-state index in [2.05, 4.69) is 0 Å². The van der Waals surface area contributed by atoms with E-state index in [9.17, 15) is 32.7 Å². The molecule has 0 aromatic carbocycles. The maximum absolute atomic E-state index is 12.9. The van der Waals surface area contributed by atoms with E-state index in [0.29, 0.717) is 6.42 Å². The number of nitrogens with zero attached hydrogens (tertiary/aromatic N) is 1. The van der Waals surface area contributed by atoms with Crippen LogP contribution in [0.4, 0.5) is 13.2 Å². The lowest BCUT2D eigenvalue weighted by molar-refractivity contribution is -0.176. The number of hydrogen-bond donors (Lipinski definition) is 2. The van der Waals surface area contributed by atoms with Gasteiger partial charge < -0.3 is 15.3 Å². The van der Waals surface area contributed by atoms with Crippen molar-refractivity contribution < 1.29 is 32.7 Å². The van der Waals surface area contributed by atoms with Crippen LogP contribution in [0.3, 0.4) is 0 Å². The number of rotatable bonds is 3. The van der Waals surface area contributed by atoms with Crippen molar-refractivity contribution in [1.29, 1.82) is 0 Å². The molecule has 1 unspecified atom stereocenters. The number of amides is 2. The van der Waals surface area contributed by atoms with Crippen molar-refractivity contribution >= 4 is 17.8 Å². The second kappa shape index (κ2) is 6.17. The quantitative estimate of drug-likeness (QED) is 0.801. The van der Waals surface area contributed by atoms with Gasteiger partial charge in [0, 0.05) is 6.54 Å². The Bertz CT molecular complexity index is 579. The molecule has 1 saturated heterocycles. The third-order valence-corrected chi connectivity index (χ3v) is 5.14. The average molecular weight is 364 g/mol. The fourth-order valence-electron chi connectivity index (χ4n) is 3.58. The number of carbonyl (C=O) groups excluding carboxylic acids is 2. The van der Waals surface area contributed by atoms with Gasteiger partial charge in [0.05, 0.1) is 0 Å². The number of likely N-dealkylation sites (tertiary alicyclic amines) is 1. The number of carboxylic acids is 1. The van der Waals surface area contributed by atoms with Crippen LogP contribution in [0.5, 0.6) is 0 Å². The molecule has 0 aromatic heterocycles. The number of carbonyl (C=O) groups is 3. The maximum atomic E-state index is 12.9. The number of halogens is 3. The number of alkyl halides is 3. The third-order valence-electron chi connectivity index (χ3n) is 5.14. The molecule has 0 aromatic rings. The first-order valence-electron chi connectivity index (χ1n) is 8.18. The van der Waals surface area contributed by atoms with E-state index >= 15 is 0 Å². The average Bonchev–Trinajstić information content (AvgIpc) is 2.82. The van der Waals surface area contributed by atoms with Gasteiger partial charge in [0.2, 0.25) is 5.91 Å². The largest absolute Gasteiger partial charge is 0.480 e. The molecule has 9 heteroatoms. The van der Waals surface area contributed by atoms with Gasteiger partial charge in [-0.1, -0.05) is 27.2 Å². The molecule has 2 atom stereocenters. The predicted octanol–water partition coefficient (Wildman–Crippen LogP) is 1.94. The Morgan fingerprint density at radius 2 is 1.76 bits per heavy atom. The minimum Gasteiger partial charge on any atom is -0.480 e. The first-order chi connectivity index (χ1) is 11.3. The van der Waals surface area contributed by atoms with Gasteiger partial charge in [-0.3, -0.25) is 9.59 Å². The first-order valence-corrected chi connectivity index (χ1v) is 8.18. The topological polar surface area (TPSA) is 86.7 Å². The van der Waals surface area contributed by atoms with Crippen molar-refractivity contribution in [2.75, 3.05) is 6.54 Å². The number of hydrogen-bond acceptors (Lipinski definition) is 3. The Hall–Kier alpha value is -1.80. The molecule has 0 radical (unpaired) electrons. The minimum atomic E-state index is -5.11. The molecule has 2 amide bonds. The van der Waals surface area contributed by atoms with Gasteiger partial charge in [0.1, 0.15) is 12.1 Å². The van der Waals surface area contributed by atoms with E-state index < -0.39 is 41.5 Å². The van der Waals surface area contributed by atoms with Crippen LogP contribution in [-0.4, -0.2) is 52.6 Å². The normalized spacial score (nSPS) is 23.9. The Morgan fingerprint density at radius 3 is 2.12 bits per heavy atom. The highest BCUT2D eigenvalue weighted by Crippen LogP contribution is 2.50. The molecule has 2 fully saturated rings. The summed E-state index contributed by atoms with van der Waals surface area (Å²) in [6.45, 7) is 4.78. The van der Waals surface area contributed by atoms with Crippen LogP contribution in [0.2, 0.25) is 0 Å². The van der Waals surface area contributed by atoms with E-state index in [-0.39, 0.29) is 12.0 Å². The SMILES string of the molecule is CC(C)(C)[C@H](NC(=O)C(F)(F)F)C(=O)N1CC2(CCC2)CC1C(=O)O. The molecule has 1 aliphatic heterocycles. The predicted molar refractivity (Wildman–Crippen MR) is 81.5 cm³/mol. The highest BCUT2D eigenvalue weighted by Gasteiger charge is 2.54. The second-order valence-corrected chi connectivity index (χ2v) is 8.15. The van der Waals surface area contributed by atoms with Gasteiger partial charge >= 0.3 is 18.1 Å². The van der Waals surface area contributed by atoms with Crippen LogP contribution in [0.1, 0.15) is 46.5 Å². The standard InChI is InChI=1S/C16H23F3N2O4/c1-14(2,3)10(20-13(25)16(17,18)19)11(22)21-8-15(5-4-6-15)7-9(21)12(23)24/h9-10H,4-8H2,1-3H3,(H,20,25)(H,23,24)/t9?,10-/m1/s1. The molecular weight excluding hydrogens is 341 g/mol. The Balaban J connectivity index is 2.26. The van der Waals surface area contributed by atoms with Gasteiger partial charge in [-0.05, 0) is 30.1 Å². The van der Waals surface area contributed by atoms with Crippen molar-refractivity contribution in [3.8, 4) is 0 Å². The van der Waals surface area contributed by atoms with Crippen LogP contribution in [0.25, 0.3) is 0 Å². The molecule has 25 heavy (non-hydrogen) atoms. The summed E-state index contributed by atoms with van der Waals surface area (Å²) in [4.78, 5) is 36.9. The molecule has 6 nitrogen and oxygen atoms in total. The van der Waals surface area contributed by atoms with Crippen LogP contribution < -0.4 is 5.32 Å². The van der Waals surface area contributed by atoms with Gasteiger partial charge in [-0.25, -0.2) is 4.79 Å². The summed E-state index contributed by atoms with van der Waals surface area (Å²) in [6.07, 6.45) is -2.26. The number of nitrogens with one attached hydrogen (secondary N) is 1. The van der Waals surface area contributed by atoms with Crippen molar-refractivity contribution in [2.24, 2.45) is 10.8 Å². The van der Waals surface area contributed by atoms with Crippen LogP contribution >= 0.6 is 0 Å². The summed E-state index contributed by atoms with van der Waals surface area (Å²) >= 11 is 0. The summed E-state index contributed by atoms with van der Waals surface area (Å²) in [6, 6.07) is -2.53. The lowest BCUT2D eigenvalue weighted by Gasteiger charge is -2.39. The molecule has 1 aliphatic carbocycles. The lowest BCUT2D eigenvalue weighted by Crippen LogP contribution is -2.58. The summed E-state index contributed by atoms with van der Waals surface area (Å²) < 4.78 is 37.8. The molecule has 1 spiro atoms. The lowest BCUT2D eigenvalue weighted by atomic mass is 9.67. The molecular formula is C16H23F3N2O4. The van der Waals surface area contributed by atoms with Crippen LogP contribution in [0.15, 0.2) is 0 Å². The summed E-state index contributed by atoms with van der Waals surface area (Å²) in [5, 5.41) is 11.2. The summed E-state index contributed by atoms with van der Waals surface area (Å²) in [5.41, 5.74) is -1.26. The van der Waals surface area contributed by atoms with E-state index in [0.717, 1.165) is 24.2 Å². The third kappa shape index (κ3) is 3.90. The smallest absolute Gasteiger partial charge is 0.471 e. The van der Waals surface area contributed by atoms with Gasteiger partial charge in [0.15, 0.2) is 0 Å². The van der Waals surface area contributed by atoms with Crippen LogP contribution in [-0.2, 0) is 14.4 Å². The van der Waals surface area contributed by atoms with Crippen LogP contribution in [0, 0.1) is 10.8 Å². The Kier molecular flexibility index (Phi) is 4.82. The monoisotopic (exact) mass is 364 g/mol.